The molecule has 0 radical (unpaired) electrons. The average Bonchev–Trinajstić information content (AvgIpc) is 2.35. The molecule has 0 aliphatic heterocycles. The van der Waals surface area contributed by atoms with Gasteiger partial charge in [0.25, 0.3) is 0 Å². The molecular formula is C13H24O6. The molecule has 112 valence electrons. The number of unbranched alkanes of at least 4 members (excludes halogenated alkanes) is 1. The van der Waals surface area contributed by atoms with Gasteiger partial charge in [0.15, 0.2) is 0 Å². The fourth-order valence-electron chi connectivity index (χ4n) is 1.30. The van der Waals surface area contributed by atoms with Crippen LogP contribution in [-0.2, 0) is 24.4 Å². The van der Waals surface area contributed by atoms with E-state index in [1.165, 1.54) is 0 Å². The Labute approximate surface area is 113 Å². The standard InChI is InChI=1S/C13H24O6/c1-5-6-9-17-19-18-12(16)13(3,4)10(2)7-8-11(14)15/h10H,5-9H2,1-4H3,(H,14,15). The van der Waals surface area contributed by atoms with Crippen molar-refractivity contribution in [3.8, 4) is 0 Å². The van der Waals surface area contributed by atoms with Crippen LogP contribution in [0.3, 0.4) is 0 Å². The summed E-state index contributed by atoms with van der Waals surface area (Å²) in [7, 11) is 0. The SMILES string of the molecule is CCCCOOOC(=O)C(C)(C)C(C)CCC(=O)O. The fourth-order valence-corrected chi connectivity index (χ4v) is 1.30. The predicted molar refractivity (Wildman–Crippen MR) is 67.9 cm³/mol. The lowest BCUT2D eigenvalue weighted by Gasteiger charge is -2.27. The number of carboxylic acids is 1. The smallest absolute Gasteiger partial charge is 0.351 e. The van der Waals surface area contributed by atoms with Gasteiger partial charge < -0.3 is 5.11 Å². The molecule has 1 unspecified atom stereocenters. The molecule has 19 heavy (non-hydrogen) atoms. The fraction of sp³-hybridized carbons (Fsp3) is 0.846. The Hall–Kier alpha value is -1.14. The van der Waals surface area contributed by atoms with Crippen LogP contribution in [0.1, 0.15) is 53.4 Å². The zero-order valence-corrected chi connectivity index (χ0v) is 12.1. The van der Waals surface area contributed by atoms with Crippen molar-refractivity contribution in [1.82, 2.24) is 0 Å². The van der Waals surface area contributed by atoms with Gasteiger partial charge in [0.05, 0.1) is 12.0 Å². The number of carbonyl (C=O) groups is 2. The summed E-state index contributed by atoms with van der Waals surface area (Å²) in [6, 6.07) is 0. The first-order valence-corrected chi connectivity index (χ1v) is 6.54. The molecule has 6 nitrogen and oxygen atoms in total. The van der Waals surface area contributed by atoms with Crippen LogP contribution in [0.15, 0.2) is 0 Å². The molecule has 0 aromatic heterocycles. The second kappa shape index (κ2) is 8.87. The minimum Gasteiger partial charge on any atom is -0.481 e. The summed E-state index contributed by atoms with van der Waals surface area (Å²) < 4.78 is 0. The highest BCUT2D eigenvalue weighted by Crippen LogP contribution is 2.31. The number of carboxylic acid groups (broad SMARTS) is 1. The molecule has 0 spiro atoms. The Kier molecular flexibility index (Phi) is 8.34. The van der Waals surface area contributed by atoms with E-state index >= 15 is 0 Å². The third-order valence-electron chi connectivity index (χ3n) is 3.29. The highest BCUT2D eigenvalue weighted by Gasteiger charge is 2.36. The summed E-state index contributed by atoms with van der Waals surface area (Å²) in [6.45, 7) is 7.55. The Morgan fingerprint density at radius 3 is 2.47 bits per heavy atom. The molecule has 0 aliphatic carbocycles. The van der Waals surface area contributed by atoms with E-state index in [4.69, 9.17) is 5.11 Å². The van der Waals surface area contributed by atoms with Crippen LogP contribution in [0.5, 0.6) is 0 Å². The van der Waals surface area contributed by atoms with Crippen LogP contribution in [0.25, 0.3) is 0 Å². The molecular weight excluding hydrogens is 252 g/mol. The predicted octanol–water partition coefficient (Wildman–Crippen LogP) is 2.72. The van der Waals surface area contributed by atoms with Crippen molar-refractivity contribution in [2.75, 3.05) is 6.61 Å². The van der Waals surface area contributed by atoms with E-state index in [1.807, 2.05) is 13.8 Å². The molecule has 0 amide bonds. The quantitative estimate of drug-likeness (QED) is 0.375. The Bertz CT molecular complexity index is 287. The minimum atomic E-state index is -0.879. The normalized spacial score (nSPS) is 13.1. The van der Waals surface area contributed by atoms with Gasteiger partial charge in [0.1, 0.15) is 0 Å². The minimum absolute atomic E-state index is 0.0196. The lowest BCUT2D eigenvalue weighted by molar-refractivity contribution is -0.489. The van der Waals surface area contributed by atoms with Gasteiger partial charge in [-0.05, 0) is 37.6 Å². The highest BCUT2D eigenvalue weighted by molar-refractivity contribution is 5.75. The van der Waals surface area contributed by atoms with Gasteiger partial charge >= 0.3 is 11.9 Å². The molecule has 6 heteroatoms. The van der Waals surface area contributed by atoms with Crippen molar-refractivity contribution in [3.63, 3.8) is 0 Å². The van der Waals surface area contributed by atoms with Gasteiger partial charge in [0.2, 0.25) is 0 Å². The number of aliphatic carboxylic acids is 1. The zero-order valence-electron chi connectivity index (χ0n) is 12.1. The van der Waals surface area contributed by atoms with Gasteiger partial charge in [-0.15, -0.1) is 0 Å². The molecule has 1 atom stereocenters. The maximum Gasteiger partial charge on any atom is 0.351 e. The Morgan fingerprint density at radius 1 is 1.32 bits per heavy atom. The monoisotopic (exact) mass is 276 g/mol. The number of hydrogen-bond acceptors (Lipinski definition) is 5. The number of hydrogen-bond donors (Lipinski definition) is 1. The first-order chi connectivity index (χ1) is 8.82. The molecule has 0 aromatic carbocycles. The first-order valence-electron chi connectivity index (χ1n) is 6.54. The highest BCUT2D eigenvalue weighted by atomic mass is 17.5. The molecule has 0 bridgehead atoms. The van der Waals surface area contributed by atoms with Gasteiger partial charge in [-0.2, -0.15) is 4.89 Å². The van der Waals surface area contributed by atoms with Crippen molar-refractivity contribution in [1.29, 1.82) is 0 Å². The largest absolute Gasteiger partial charge is 0.481 e. The summed E-state index contributed by atoms with van der Waals surface area (Å²) in [5.41, 5.74) is -0.830. The first kappa shape index (κ1) is 17.9. The molecule has 1 N–H and O–H groups in total. The van der Waals surface area contributed by atoms with Crippen molar-refractivity contribution in [2.24, 2.45) is 11.3 Å². The van der Waals surface area contributed by atoms with E-state index in [2.05, 4.69) is 14.8 Å². The van der Waals surface area contributed by atoms with Crippen LogP contribution in [0.2, 0.25) is 0 Å². The summed E-state index contributed by atoms with van der Waals surface area (Å²) in [4.78, 5) is 31.6. The molecule has 0 saturated carbocycles. The van der Waals surface area contributed by atoms with E-state index in [9.17, 15) is 9.59 Å². The van der Waals surface area contributed by atoms with E-state index in [0.717, 1.165) is 12.8 Å². The zero-order chi connectivity index (χ0) is 14.9. The maximum atomic E-state index is 11.8. The van der Waals surface area contributed by atoms with Crippen molar-refractivity contribution >= 4 is 11.9 Å². The maximum absolute atomic E-state index is 11.8. The second-order valence-corrected chi connectivity index (χ2v) is 5.17. The average molecular weight is 276 g/mol. The molecule has 0 rings (SSSR count). The van der Waals surface area contributed by atoms with Crippen molar-refractivity contribution in [3.05, 3.63) is 0 Å². The van der Waals surface area contributed by atoms with E-state index < -0.39 is 17.4 Å². The summed E-state index contributed by atoms with van der Waals surface area (Å²) in [5, 5.41) is 13.0. The van der Waals surface area contributed by atoms with Crippen molar-refractivity contribution < 1.29 is 29.5 Å². The van der Waals surface area contributed by atoms with Crippen LogP contribution in [0, 0.1) is 11.3 Å². The molecule has 0 aromatic rings. The van der Waals surface area contributed by atoms with Crippen LogP contribution >= 0.6 is 0 Å². The van der Waals surface area contributed by atoms with Crippen LogP contribution < -0.4 is 0 Å². The van der Waals surface area contributed by atoms with Gasteiger partial charge in [-0.1, -0.05) is 20.3 Å². The third kappa shape index (κ3) is 7.12. The van der Waals surface area contributed by atoms with Gasteiger partial charge in [0, 0.05) is 6.42 Å². The third-order valence-corrected chi connectivity index (χ3v) is 3.29. The summed E-state index contributed by atoms with van der Waals surface area (Å²) >= 11 is 0. The molecule has 0 aliphatic rings. The molecule has 0 fully saturated rings. The number of rotatable bonds is 10. The topological polar surface area (TPSA) is 82.1 Å². The Morgan fingerprint density at radius 2 is 1.95 bits per heavy atom. The van der Waals surface area contributed by atoms with Gasteiger partial charge in [-0.25, -0.2) is 4.79 Å². The number of carbonyl (C=O) groups excluding carboxylic acids is 1. The van der Waals surface area contributed by atoms with E-state index in [-0.39, 0.29) is 12.3 Å². The molecule has 0 saturated heterocycles. The van der Waals surface area contributed by atoms with Crippen LogP contribution in [-0.4, -0.2) is 23.7 Å². The molecule has 0 heterocycles. The second-order valence-electron chi connectivity index (χ2n) is 5.17. The van der Waals surface area contributed by atoms with E-state index in [1.54, 1.807) is 13.8 Å². The van der Waals surface area contributed by atoms with E-state index in [0.29, 0.717) is 13.0 Å². The lowest BCUT2D eigenvalue weighted by Crippen LogP contribution is -2.33. The van der Waals surface area contributed by atoms with Gasteiger partial charge in [-0.3, -0.25) is 9.68 Å². The van der Waals surface area contributed by atoms with Crippen LogP contribution in [0.4, 0.5) is 0 Å². The lowest BCUT2D eigenvalue weighted by atomic mass is 9.77. The Balaban J connectivity index is 4.07. The van der Waals surface area contributed by atoms with Crippen molar-refractivity contribution in [2.45, 2.75) is 53.4 Å². The summed E-state index contributed by atoms with van der Waals surface area (Å²) in [5.74, 6) is -1.59. The summed E-state index contributed by atoms with van der Waals surface area (Å²) in [6.07, 6.45) is 2.19.